The van der Waals surface area contributed by atoms with E-state index in [2.05, 4.69) is 46.4 Å². The average Bonchev–Trinajstić information content (AvgIpc) is 3.36. The minimum atomic E-state index is 0.849. The summed E-state index contributed by atoms with van der Waals surface area (Å²) in [5.74, 6) is 0. The van der Waals surface area contributed by atoms with Crippen LogP contribution in [0.1, 0.15) is 0 Å². The van der Waals surface area contributed by atoms with Crippen molar-refractivity contribution >= 4 is 32.8 Å². The minimum Gasteiger partial charge on any atom is -0.353 e. The first-order chi connectivity index (χ1) is 13.8. The zero-order valence-electron chi connectivity index (χ0n) is 15.0. The number of aromatic amines is 2. The number of nitrogens with one attached hydrogen (secondary N) is 2. The summed E-state index contributed by atoms with van der Waals surface area (Å²) in [7, 11) is 0. The summed E-state index contributed by atoms with van der Waals surface area (Å²) in [5, 5.41) is 2.32. The van der Waals surface area contributed by atoms with Crippen molar-refractivity contribution < 1.29 is 0 Å². The second-order valence-corrected chi connectivity index (χ2v) is 6.95. The van der Waals surface area contributed by atoms with E-state index in [1.54, 1.807) is 0 Å². The Morgan fingerprint density at radius 3 is 1.39 bits per heavy atom. The van der Waals surface area contributed by atoms with E-state index in [4.69, 9.17) is 9.97 Å². The summed E-state index contributed by atoms with van der Waals surface area (Å²) >= 11 is 0. The van der Waals surface area contributed by atoms with Crippen molar-refractivity contribution in [3.63, 3.8) is 0 Å². The van der Waals surface area contributed by atoms with Gasteiger partial charge < -0.3 is 9.97 Å². The number of H-pyrrole nitrogens is 2. The Bertz CT molecular complexity index is 1290. The third-order valence-corrected chi connectivity index (χ3v) is 5.14. The molecule has 6 aromatic rings. The van der Waals surface area contributed by atoms with E-state index in [0.717, 1.165) is 55.6 Å². The van der Waals surface area contributed by atoms with Crippen molar-refractivity contribution in [2.75, 3.05) is 0 Å². The number of benzene rings is 3. The third-order valence-electron chi connectivity index (χ3n) is 5.14. The van der Waals surface area contributed by atoms with Gasteiger partial charge in [0.2, 0.25) is 0 Å². The molecule has 3 aromatic heterocycles. The summed E-state index contributed by atoms with van der Waals surface area (Å²) in [6.45, 7) is 0. The van der Waals surface area contributed by atoms with Crippen LogP contribution in [0.15, 0.2) is 84.9 Å². The number of fused-ring (bicyclic) bond motifs is 3. The van der Waals surface area contributed by atoms with Gasteiger partial charge in [-0.3, -0.25) is 0 Å². The molecule has 4 nitrogen and oxygen atoms in total. The van der Waals surface area contributed by atoms with E-state index in [1.165, 1.54) is 0 Å². The van der Waals surface area contributed by atoms with Crippen molar-refractivity contribution in [2.45, 2.75) is 0 Å². The maximum absolute atomic E-state index is 4.97. The fraction of sp³-hybridized carbons (Fsp3) is 0. The molecule has 0 amide bonds. The van der Waals surface area contributed by atoms with Gasteiger partial charge in [-0.2, -0.15) is 0 Å². The summed E-state index contributed by atoms with van der Waals surface area (Å²) in [6, 6.07) is 28.8. The van der Waals surface area contributed by atoms with Gasteiger partial charge in [0, 0.05) is 21.8 Å². The molecule has 0 saturated carbocycles. The Balaban J connectivity index is 1.67. The number of hydrogen-bond donors (Lipinski definition) is 2. The molecule has 0 aliphatic heterocycles. The van der Waals surface area contributed by atoms with Gasteiger partial charge in [-0.25, -0.2) is 9.97 Å². The number of aromatic nitrogens is 4. The van der Waals surface area contributed by atoms with Gasteiger partial charge in [-0.1, -0.05) is 48.5 Å². The lowest BCUT2D eigenvalue weighted by atomic mass is 10.1. The fourth-order valence-electron chi connectivity index (χ4n) is 3.78. The first kappa shape index (κ1) is 15.2. The molecule has 3 aromatic carbocycles. The van der Waals surface area contributed by atoms with E-state index in [1.807, 2.05) is 48.5 Å². The van der Waals surface area contributed by atoms with Gasteiger partial charge in [0.1, 0.15) is 11.4 Å². The highest BCUT2D eigenvalue weighted by Gasteiger charge is 2.16. The highest BCUT2D eigenvalue weighted by atomic mass is 14.9. The molecule has 0 bridgehead atoms. The Labute approximate surface area is 160 Å². The number of rotatable bonds is 2. The summed E-state index contributed by atoms with van der Waals surface area (Å²) in [4.78, 5) is 17.0. The number of nitrogens with zero attached hydrogens (tertiary/aromatic N) is 2. The highest BCUT2D eigenvalue weighted by molar-refractivity contribution is 5.93. The zero-order valence-corrected chi connectivity index (χ0v) is 15.0. The van der Waals surface area contributed by atoms with Crippen LogP contribution in [0.25, 0.3) is 55.6 Å². The maximum atomic E-state index is 4.97. The van der Waals surface area contributed by atoms with E-state index in [-0.39, 0.29) is 0 Å². The lowest BCUT2D eigenvalue weighted by molar-refractivity contribution is 1.25. The van der Waals surface area contributed by atoms with Crippen LogP contribution < -0.4 is 0 Å². The van der Waals surface area contributed by atoms with Crippen LogP contribution in [0.2, 0.25) is 0 Å². The standard InChI is InChI=1S/C24H16N4/c1-3-9-17-15(7-1)13-21(25-17)23-24(28-20-12-6-5-11-19(20)27-23)22-14-16-8-2-4-10-18(16)26-22/h1-14,25-26H. The van der Waals surface area contributed by atoms with Crippen LogP contribution >= 0.6 is 0 Å². The summed E-state index contributed by atoms with van der Waals surface area (Å²) in [5.41, 5.74) is 7.58. The molecular weight excluding hydrogens is 344 g/mol. The van der Waals surface area contributed by atoms with Crippen LogP contribution in [0.4, 0.5) is 0 Å². The van der Waals surface area contributed by atoms with Crippen LogP contribution in [0.3, 0.4) is 0 Å². The van der Waals surface area contributed by atoms with Gasteiger partial charge in [-0.15, -0.1) is 0 Å². The molecule has 4 heteroatoms. The van der Waals surface area contributed by atoms with Crippen molar-refractivity contribution in [3.05, 3.63) is 84.9 Å². The molecule has 6 rings (SSSR count). The fourth-order valence-corrected chi connectivity index (χ4v) is 3.78. The molecule has 2 N–H and O–H groups in total. The largest absolute Gasteiger partial charge is 0.353 e. The second-order valence-electron chi connectivity index (χ2n) is 6.95. The summed E-state index contributed by atoms with van der Waals surface area (Å²) < 4.78 is 0. The van der Waals surface area contributed by atoms with Gasteiger partial charge >= 0.3 is 0 Å². The van der Waals surface area contributed by atoms with Gasteiger partial charge in [0.25, 0.3) is 0 Å². The maximum Gasteiger partial charge on any atom is 0.115 e. The summed E-state index contributed by atoms with van der Waals surface area (Å²) in [6.07, 6.45) is 0. The van der Waals surface area contributed by atoms with Crippen LogP contribution in [-0.2, 0) is 0 Å². The molecule has 0 spiro atoms. The third kappa shape index (κ3) is 2.32. The van der Waals surface area contributed by atoms with E-state index in [0.29, 0.717) is 0 Å². The SMILES string of the molecule is c1ccc2[nH]c(-c3nc4ccccc4nc3-c3cc4ccccc4[nH]3)cc2c1. The predicted octanol–water partition coefficient (Wildman–Crippen LogP) is 5.93. The molecule has 0 radical (unpaired) electrons. The first-order valence-electron chi connectivity index (χ1n) is 9.28. The molecule has 28 heavy (non-hydrogen) atoms. The Morgan fingerprint density at radius 1 is 0.500 bits per heavy atom. The molecule has 0 aliphatic rings. The van der Waals surface area contributed by atoms with Crippen molar-refractivity contribution in [1.82, 2.24) is 19.9 Å². The number of para-hydroxylation sites is 4. The van der Waals surface area contributed by atoms with Crippen molar-refractivity contribution in [2.24, 2.45) is 0 Å². The van der Waals surface area contributed by atoms with Gasteiger partial charge in [-0.05, 0) is 36.4 Å². The predicted molar refractivity (Wildman–Crippen MR) is 114 cm³/mol. The van der Waals surface area contributed by atoms with Crippen LogP contribution in [0.5, 0.6) is 0 Å². The molecule has 0 aliphatic carbocycles. The second kappa shape index (κ2) is 5.79. The Morgan fingerprint density at radius 2 is 0.929 bits per heavy atom. The normalized spacial score (nSPS) is 11.6. The van der Waals surface area contributed by atoms with Gasteiger partial charge in [0.15, 0.2) is 0 Å². The lowest BCUT2D eigenvalue weighted by Gasteiger charge is -2.07. The topological polar surface area (TPSA) is 57.4 Å². The zero-order chi connectivity index (χ0) is 18.5. The van der Waals surface area contributed by atoms with Crippen LogP contribution in [0, 0.1) is 0 Å². The van der Waals surface area contributed by atoms with Crippen molar-refractivity contribution in [1.29, 1.82) is 0 Å². The van der Waals surface area contributed by atoms with Crippen molar-refractivity contribution in [3.8, 4) is 22.8 Å². The highest BCUT2D eigenvalue weighted by Crippen LogP contribution is 2.33. The molecule has 0 fully saturated rings. The quantitative estimate of drug-likeness (QED) is 0.402. The molecule has 132 valence electrons. The van der Waals surface area contributed by atoms with E-state index < -0.39 is 0 Å². The molecule has 0 unspecified atom stereocenters. The average molecular weight is 360 g/mol. The Kier molecular flexibility index (Phi) is 3.14. The van der Waals surface area contributed by atoms with E-state index >= 15 is 0 Å². The molecule has 0 atom stereocenters. The lowest BCUT2D eigenvalue weighted by Crippen LogP contribution is -1.95. The molecule has 3 heterocycles. The Hall–Kier alpha value is -3.92. The minimum absolute atomic E-state index is 0.849. The van der Waals surface area contributed by atoms with Gasteiger partial charge in [0.05, 0.1) is 22.4 Å². The molecular formula is C24H16N4. The van der Waals surface area contributed by atoms with Crippen LogP contribution in [-0.4, -0.2) is 19.9 Å². The monoisotopic (exact) mass is 360 g/mol. The smallest absolute Gasteiger partial charge is 0.115 e. The molecule has 0 saturated heterocycles. The van der Waals surface area contributed by atoms with E-state index in [9.17, 15) is 0 Å². The first-order valence-corrected chi connectivity index (χ1v) is 9.28. The number of hydrogen-bond acceptors (Lipinski definition) is 2.